The fourth-order valence-corrected chi connectivity index (χ4v) is 1.94. The maximum Gasteiger partial charge on any atom is 0.167 e. The van der Waals surface area contributed by atoms with Gasteiger partial charge in [0.15, 0.2) is 5.76 Å². The maximum absolute atomic E-state index is 9.00. The van der Waals surface area contributed by atoms with Crippen LogP contribution in [0.15, 0.2) is 59.3 Å². The fourth-order valence-electron chi connectivity index (χ4n) is 1.94. The van der Waals surface area contributed by atoms with E-state index >= 15 is 0 Å². The van der Waals surface area contributed by atoms with Crippen LogP contribution >= 0.6 is 0 Å². The molecule has 2 aromatic heterocycles. The molecule has 0 saturated heterocycles. The zero-order chi connectivity index (χ0) is 14.5. The van der Waals surface area contributed by atoms with E-state index in [1.807, 2.05) is 36.4 Å². The highest BCUT2D eigenvalue weighted by Gasteiger charge is 2.07. The fraction of sp³-hybridized carbons (Fsp3) is 0.0625. The van der Waals surface area contributed by atoms with Gasteiger partial charge in [-0.25, -0.2) is 4.98 Å². The minimum absolute atomic E-state index is 0.446. The summed E-state index contributed by atoms with van der Waals surface area (Å²) in [6, 6.07) is 17.2. The van der Waals surface area contributed by atoms with Crippen molar-refractivity contribution in [1.29, 1.82) is 5.26 Å². The maximum atomic E-state index is 9.00. The first-order valence-electron chi connectivity index (χ1n) is 6.47. The molecular formula is C16H12N4O. The van der Waals surface area contributed by atoms with E-state index in [1.165, 1.54) is 0 Å². The second-order valence-corrected chi connectivity index (χ2v) is 4.41. The lowest BCUT2D eigenvalue weighted by Gasteiger charge is -2.03. The minimum atomic E-state index is 0.446. The summed E-state index contributed by atoms with van der Waals surface area (Å²) in [6.45, 7) is 0.446. The number of nitriles is 1. The summed E-state index contributed by atoms with van der Waals surface area (Å²) in [4.78, 5) is 4.14. The standard InChI is InChI=1S/C16H12N4O/c17-10-13-7-4-8-18-16(13)19-11-14-9-15(21-20-14)12-5-2-1-3-6-12/h1-9H,11H2,(H,18,19). The molecule has 3 aromatic rings. The van der Waals surface area contributed by atoms with Crippen LogP contribution in [0.1, 0.15) is 11.3 Å². The van der Waals surface area contributed by atoms with E-state index in [0.717, 1.165) is 11.3 Å². The molecule has 0 fully saturated rings. The van der Waals surface area contributed by atoms with Gasteiger partial charge in [0.2, 0.25) is 0 Å². The van der Waals surface area contributed by atoms with Crippen molar-refractivity contribution in [2.24, 2.45) is 0 Å². The van der Waals surface area contributed by atoms with Crippen LogP contribution < -0.4 is 5.32 Å². The molecule has 0 aliphatic heterocycles. The first-order chi connectivity index (χ1) is 10.4. The molecule has 102 valence electrons. The monoisotopic (exact) mass is 276 g/mol. The highest BCUT2D eigenvalue weighted by molar-refractivity contribution is 5.57. The van der Waals surface area contributed by atoms with E-state index in [0.29, 0.717) is 23.7 Å². The third kappa shape index (κ3) is 2.90. The average Bonchev–Trinajstić information content (AvgIpc) is 3.03. The number of aromatic nitrogens is 2. The number of hydrogen-bond donors (Lipinski definition) is 1. The largest absolute Gasteiger partial charge is 0.363 e. The Morgan fingerprint density at radius 2 is 2.00 bits per heavy atom. The Hall–Kier alpha value is -3.13. The molecule has 0 spiro atoms. The number of hydrogen-bond acceptors (Lipinski definition) is 5. The van der Waals surface area contributed by atoms with Crippen LogP contribution in [0.4, 0.5) is 5.82 Å². The van der Waals surface area contributed by atoms with E-state index in [-0.39, 0.29) is 0 Å². The van der Waals surface area contributed by atoms with Gasteiger partial charge in [0.1, 0.15) is 17.6 Å². The number of benzene rings is 1. The van der Waals surface area contributed by atoms with Gasteiger partial charge in [-0.1, -0.05) is 35.5 Å². The highest BCUT2D eigenvalue weighted by atomic mass is 16.5. The van der Waals surface area contributed by atoms with Gasteiger partial charge in [-0.15, -0.1) is 0 Å². The molecule has 0 atom stereocenters. The lowest BCUT2D eigenvalue weighted by Crippen LogP contribution is -2.03. The molecule has 5 nitrogen and oxygen atoms in total. The topological polar surface area (TPSA) is 74.7 Å². The molecule has 0 aliphatic carbocycles. The normalized spacial score (nSPS) is 10.0. The third-order valence-electron chi connectivity index (χ3n) is 2.98. The van der Waals surface area contributed by atoms with Crippen molar-refractivity contribution in [3.8, 4) is 17.4 Å². The predicted molar refractivity (Wildman–Crippen MR) is 78.2 cm³/mol. The lowest BCUT2D eigenvalue weighted by molar-refractivity contribution is 0.424. The van der Waals surface area contributed by atoms with Crippen molar-refractivity contribution >= 4 is 5.82 Å². The van der Waals surface area contributed by atoms with Crippen LogP contribution in [0.5, 0.6) is 0 Å². The molecule has 0 amide bonds. The average molecular weight is 276 g/mol. The van der Waals surface area contributed by atoms with Crippen molar-refractivity contribution in [2.75, 3.05) is 5.32 Å². The van der Waals surface area contributed by atoms with Gasteiger partial charge in [0.25, 0.3) is 0 Å². The van der Waals surface area contributed by atoms with Gasteiger partial charge in [0, 0.05) is 17.8 Å². The van der Waals surface area contributed by atoms with Crippen LogP contribution in [-0.2, 0) is 6.54 Å². The zero-order valence-corrected chi connectivity index (χ0v) is 11.2. The summed E-state index contributed by atoms with van der Waals surface area (Å²) < 4.78 is 5.32. The Labute approximate surface area is 121 Å². The molecule has 3 rings (SSSR count). The Balaban J connectivity index is 1.72. The molecule has 0 radical (unpaired) electrons. The molecular weight excluding hydrogens is 264 g/mol. The van der Waals surface area contributed by atoms with Crippen molar-refractivity contribution < 1.29 is 4.52 Å². The summed E-state index contributed by atoms with van der Waals surface area (Å²) in [5.41, 5.74) is 2.24. The van der Waals surface area contributed by atoms with Crippen molar-refractivity contribution in [3.05, 3.63) is 66.0 Å². The summed E-state index contributed by atoms with van der Waals surface area (Å²) in [7, 11) is 0. The van der Waals surface area contributed by atoms with E-state index in [1.54, 1.807) is 18.3 Å². The highest BCUT2D eigenvalue weighted by Crippen LogP contribution is 2.20. The van der Waals surface area contributed by atoms with Gasteiger partial charge in [-0.2, -0.15) is 5.26 Å². The molecule has 5 heteroatoms. The molecule has 0 unspecified atom stereocenters. The van der Waals surface area contributed by atoms with Crippen LogP contribution in [0.3, 0.4) is 0 Å². The van der Waals surface area contributed by atoms with Gasteiger partial charge in [-0.3, -0.25) is 0 Å². The summed E-state index contributed by atoms with van der Waals surface area (Å²) >= 11 is 0. The van der Waals surface area contributed by atoms with Crippen LogP contribution in [-0.4, -0.2) is 10.1 Å². The van der Waals surface area contributed by atoms with Crippen LogP contribution in [0.25, 0.3) is 11.3 Å². The number of nitrogens with one attached hydrogen (secondary N) is 1. The van der Waals surface area contributed by atoms with Crippen molar-refractivity contribution in [2.45, 2.75) is 6.54 Å². The van der Waals surface area contributed by atoms with Crippen LogP contribution in [0, 0.1) is 11.3 Å². The van der Waals surface area contributed by atoms with Crippen LogP contribution in [0.2, 0.25) is 0 Å². The number of pyridine rings is 1. The van der Waals surface area contributed by atoms with Crippen molar-refractivity contribution in [3.63, 3.8) is 0 Å². The second-order valence-electron chi connectivity index (χ2n) is 4.41. The molecule has 1 aromatic carbocycles. The molecule has 0 saturated carbocycles. The second kappa shape index (κ2) is 5.88. The SMILES string of the molecule is N#Cc1cccnc1NCc1cc(-c2ccccc2)on1. The predicted octanol–water partition coefficient (Wildman–Crippen LogP) is 3.22. The first-order valence-corrected chi connectivity index (χ1v) is 6.47. The summed E-state index contributed by atoms with van der Waals surface area (Å²) in [6.07, 6.45) is 1.64. The Morgan fingerprint density at radius 3 is 2.81 bits per heavy atom. The lowest BCUT2D eigenvalue weighted by atomic mass is 10.1. The van der Waals surface area contributed by atoms with Gasteiger partial charge < -0.3 is 9.84 Å². The smallest absolute Gasteiger partial charge is 0.167 e. The summed E-state index contributed by atoms with van der Waals surface area (Å²) in [5.74, 6) is 1.26. The van der Waals surface area contributed by atoms with Crippen molar-refractivity contribution in [1.82, 2.24) is 10.1 Å². The zero-order valence-electron chi connectivity index (χ0n) is 11.2. The van der Waals surface area contributed by atoms with Gasteiger partial charge >= 0.3 is 0 Å². The molecule has 0 bridgehead atoms. The molecule has 2 heterocycles. The number of nitrogens with zero attached hydrogens (tertiary/aromatic N) is 3. The number of anilines is 1. The van der Waals surface area contributed by atoms with E-state index in [4.69, 9.17) is 9.78 Å². The van der Waals surface area contributed by atoms with E-state index < -0.39 is 0 Å². The molecule has 21 heavy (non-hydrogen) atoms. The van der Waals surface area contributed by atoms with E-state index in [9.17, 15) is 0 Å². The quantitative estimate of drug-likeness (QED) is 0.791. The third-order valence-corrected chi connectivity index (χ3v) is 2.98. The minimum Gasteiger partial charge on any atom is -0.363 e. The summed E-state index contributed by atoms with van der Waals surface area (Å²) in [5, 5.41) is 16.1. The first kappa shape index (κ1) is 12.9. The molecule has 1 N–H and O–H groups in total. The van der Waals surface area contributed by atoms with E-state index in [2.05, 4.69) is 21.5 Å². The molecule has 0 aliphatic rings. The Bertz CT molecular complexity index is 774. The van der Waals surface area contributed by atoms with Gasteiger partial charge in [-0.05, 0) is 12.1 Å². The Morgan fingerprint density at radius 1 is 1.14 bits per heavy atom. The number of rotatable bonds is 4. The van der Waals surface area contributed by atoms with Gasteiger partial charge in [0.05, 0.1) is 12.1 Å². The Kier molecular flexibility index (Phi) is 3.61.